The molecule has 0 aliphatic carbocycles. The number of amides is 1. The Balaban J connectivity index is 1.46. The molecule has 2 heterocycles. The number of hydrogen-bond acceptors (Lipinski definition) is 6. The minimum atomic E-state index is -0.327. The van der Waals surface area contributed by atoms with Gasteiger partial charge in [0.1, 0.15) is 11.6 Å². The molecule has 1 aromatic heterocycles. The molecule has 23 heavy (non-hydrogen) atoms. The summed E-state index contributed by atoms with van der Waals surface area (Å²) in [7, 11) is 0. The van der Waals surface area contributed by atoms with Crippen molar-refractivity contribution in [1.82, 2.24) is 20.8 Å². The van der Waals surface area contributed by atoms with Crippen LogP contribution in [-0.2, 0) is 17.9 Å². The highest BCUT2D eigenvalue weighted by atomic mass is 19.1. The van der Waals surface area contributed by atoms with E-state index in [0.717, 1.165) is 19.4 Å². The van der Waals surface area contributed by atoms with E-state index in [4.69, 9.17) is 9.26 Å². The molecule has 1 aromatic carbocycles. The highest BCUT2D eigenvalue weighted by Gasteiger charge is 2.22. The molecule has 122 valence electrons. The molecule has 8 heteroatoms. The Labute approximate surface area is 132 Å². The number of ether oxygens (including phenoxy) is 1. The van der Waals surface area contributed by atoms with Gasteiger partial charge in [-0.15, -0.1) is 0 Å². The van der Waals surface area contributed by atoms with Gasteiger partial charge in [-0.1, -0.05) is 5.16 Å². The predicted molar refractivity (Wildman–Crippen MR) is 77.9 cm³/mol. The van der Waals surface area contributed by atoms with E-state index in [0.29, 0.717) is 17.5 Å². The summed E-state index contributed by atoms with van der Waals surface area (Å²) in [6, 6.07) is 5.52. The molecule has 0 saturated carbocycles. The van der Waals surface area contributed by atoms with E-state index in [-0.39, 0.29) is 30.9 Å². The van der Waals surface area contributed by atoms with Crippen molar-refractivity contribution in [2.45, 2.75) is 32.0 Å². The smallest absolute Gasteiger partial charge is 0.246 e. The van der Waals surface area contributed by atoms with Gasteiger partial charge in [-0.2, -0.15) is 4.98 Å². The van der Waals surface area contributed by atoms with Gasteiger partial charge in [0.05, 0.1) is 12.6 Å². The van der Waals surface area contributed by atoms with Crippen LogP contribution < -0.4 is 15.4 Å². The quantitative estimate of drug-likeness (QED) is 0.830. The molecule has 2 N–H and O–H groups in total. The Bertz CT molecular complexity index is 653. The van der Waals surface area contributed by atoms with Crippen LogP contribution >= 0.6 is 0 Å². The topological polar surface area (TPSA) is 89.3 Å². The van der Waals surface area contributed by atoms with Crippen molar-refractivity contribution in [3.05, 3.63) is 41.8 Å². The SMILES string of the molecule is O=C(NCc1nc(COc2ccc(F)cc2)no1)C1CCCN1. The molecular weight excluding hydrogens is 303 g/mol. The molecule has 1 unspecified atom stereocenters. The van der Waals surface area contributed by atoms with E-state index in [1.54, 1.807) is 0 Å². The first kappa shape index (κ1) is 15.4. The van der Waals surface area contributed by atoms with Crippen molar-refractivity contribution in [3.8, 4) is 5.75 Å². The Morgan fingerprint density at radius 1 is 1.43 bits per heavy atom. The van der Waals surface area contributed by atoms with Gasteiger partial charge in [0.2, 0.25) is 17.6 Å². The molecule has 0 spiro atoms. The van der Waals surface area contributed by atoms with E-state index in [9.17, 15) is 9.18 Å². The summed E-state index contributed by atoms with van der Waals surface area (Å²) in [5, 5.41) is 9.64. The second kappa shape index (κ2) is 7.19. The summed E-state index contributed by atoms with van der Waals surface area (Å²) < 4.78 is 23.2. The van der Waals surface area contributed by atoms with Crippen LogP contribution in [0, 0.1) is 5.82 Å². The molecule has 1 fully saturated rings. The summed E-state index contributed by atoms with van der Waals surface area (Å²) in [4.78, 5) is 16.0. The zero-order valence-electron chi connectivity index (χ0n) is 12.4. The van der Waals surface area contributed by atoms with Gasteiger partial charge in [-0.3, -0.25) is 4.79 Å². The van der Waals surface area contributed by atoms with Gasteiger partial charge in [0.15, 0.2) is 6.61 Å². The molecule has 3 rings (SSSR count). The van der Waals surface area contributed by atoms with Gasteiger partial charge >= 0.3 is 0 Å². The van der Waals surface area contributed by atoms with Gasteiger partial charge < -0.3 is 19.9 Å². The number of halogens is 1. The van der Waals surface area contributed by atoms with Gasteiger partial charge in [-0.05, 0) is 43.7 Å². The maximum Gasteiger partial charge on any atom is 0.246 e. The van der Waals surface area contributed by atoms with Crippen LogP contribution in [0.3, 0.4) is 0 Å². The largest absolute Gasteiger partial charge is 0.485 e. The van der Waals surface area contributed by atoms with Crippen molar-refractivity contribution in [2.24, 2.45) is 0 Å². The molecule has 7 nitrogen and oxygen atoms in total. The van der Waals surface area contributed by atoms with Crippen molar-refractivity contribution in [3.63, 3.8) is 0 Å². The first-order chi connectivity index (χ1) is 11.2. The fraction of sp³-hybridized carbons (Fsp3) is 0.400. The fourth-order valence-electron chi connectivity index (χ4n) is 2.29. The van der Waals surface area contributed by atoms with Gasteiger partial charge in [0.25, 0.3) is 0 Å². The van der Waals surface area contributed by atoms with Crippen molar-refractivity contribution < 1.29 is 18.4 Å². The lowest BCUT2D eigenvalue weighted by atomic mass is 10.2. The second-order valence-corrected chi connectivity index (χ2v) is 5.21. The zero-order valence-corrected chi connectivity index (χ0v) is 12.4. The summed E-state index contributed by atoms with van der Waals surface area (Å²) in [6.45, 7) is 1.15. The number of carbonyl (C=O) groups excluding carboxylic acids is 1. The average Bonchev–Trinajstić information content (AvgIpc) is 3.24. The molecule has 0 bridgehead atoms. The fourth-order valence-corrected chi connectivity index (χ4v) is 2.29. The number of nitrogens with zero attached hydrogens (tertiary/aromatic N) is 2. The Hall–Kier alpha value is -2.48. The lowest BCUT2D eigenvalue weighted by molar-refractivity contribution is -0.123. The summed E-state index contributed by atoms with van der Waals surface area (Å²) in [5.41, 5.74) is 0. The minimum Gasteiger partial charge on any atom is -0.485 e. The number of benzene rings is 1. The summed E-state index contributed by atoms with van der Waals surface area (Å²) in [5.74, 6) is 0.793. The maximum absolute atomic E-state index is 12.8. The average molecular weight is 320 g/mol. The van der Waals surface area contributed by atoms with Crippen LogP contribution in [0.25, 0.3) is 0 Å². The standard InChI is InChI=1S/C15H17FN4O3/c16-10-3-5-11(6-4-10)22-9-13-19-14(23-20-13)8-18-15(21)12-2-1-7-17-12/h3-6,12,17H,1-2,7-9H2,(H,18,21). The molecule has 2 aromatic rings. The normalized spacial score (nSPS) is 17.2. The molecule has 1 amide bonds. The van der Waals surface area contributed by atoms with Crippen LogP contribution in [0.2, 0.25) is 0 Å². The van der Waals surface area contributed by atoms with Crippen LogP contribution in [0.1, 0.15) is 24.6 Å². The Morgan fingerprint density at radius 3 is 3.00 bits per heavy atom. The molecule has 1 saturated heterocycles. The summed E-state index contributed by atoms with van der Waals surface area (Å²) in [6.07, 6.45) is 1.84. The number of aromatic nitrogens is 2. The Kier molecular flexibility index (Phi) is 4.82. The highest BCUT2D eigenvalue weighted by molar-refractivity contribution is 5.81. The van der Waals surface area contributed by atoms with Gasteiger partial charge in [-0.25, -0.2) is 4.39 Å². The first-order valence-electron chi connectivity index (χ1n) is 7.41. The third-order valence-corrected chi connectivity index (χ3v) is 3.48. The molecule has 1 aliphatic heterocycles. The summed E-state index contributed by atoms with van der Waals surface area (Å²) >= 11 is 0. The first-order valence-corrected chi connectivity index (χ1v) is 7.41. The van der Waals surface area contributed by atoms with E-state index in [1.807, 2.05) is 0 Å². The highest BCUT2D eigenvalue weighted by Crippen LogP contribution is 2.12. The van der Waals surface area contributed by atoms with Crippen molar-refractivity contribution >= 4 is 5.91 Å². The molecule has 1 aliphatic rings. The van der Waals surface area contributed by atoms with E-state index in [1.165, 1.54) is 24.3 Å². The lowest BCUT2D eigenvalue weighted by Crippen LogP contribution is -2.40. The van der Waals surface area contributed by atoms with Crippen LogP contribution in [-0.4, -0.2) is 28.6 Å². The van der Waals surface area contributed by atoms with E-state index >= 15 is 0 Å². The predicted octanol–water partition coefficient (Wildman–Crippen LogP) is 1.16. The van der Waals surface area contributed by atoms with Crippen molar-refractivity contribution in [2.75, 3.05) is 6.54 Å². The number of hydrogen-bond donors (Lipinski definition) is 2. The zero-order chi connectivity index (χ0) is 16.1. The third-order valence-electron chi connectivity index (χ3n) is 3.48. The van der Waals surface area contributed by atoms with Gasteiger partial charge in [0, 0.05) is 0 Å². The second-order valence-electron chi connectivity index (χ2n) is 5.21. The minimum absolute atomic E-state index is 0.0650. The number of rotatable bonds is 6. The third kappa shape index (κ3) is 4.26. The Morgan fingerprint density at radius 2 is 2.26 bits per heavy atom. The van der Waals surface area contributed by atoms with E-state index in [2.05, 4.69) is 20.8 Å². The molecule has 0 radical (unpaired) electrons. The number of carbonyl (C=O) groups is 1. The number of nitrogens with one attached hydrogen (secondary N) is 2. The van der Waals surface area contributed by atoms with Crippen LogP contribution in [0.4, 0.5) is 4.39 Å². The van der Waals surface area contributed by atoms with Crippen LogP contribution in [0.15, 0.2) is 28.8 Å². The molecular formula is C15H17FN4O3. The van der Waals surface area contributed by atoms with Crippen molar-refractivity contribution in [1.29, 1.82) is 0 Å². The van der Waals surface area contributed by atoms with Crippen LogP contribution in [0.5, 0.6) is 5.75 Å². The van der Waals surface area contributed by atoms with E-state index < -0.39 is 0 Å². The molecule has 1 atom stereocenters. The maximum atomic E-state index is 12.8. The lowest BCUT2D eigenvalue weighted by Gasteiger charge is -2.08. The monoisotopic (exact) mass is 320 g/mol.